The van der Waals surface area contributed by atoms with Crippen molar-refractivity contribution < 1.29 is 9.53 Å². The minimum Gasteiger partial charge on any atom is -0.368 e. The molecule has 0 aliphatic carbocycles. The fourth-order valence-electron chi connectivity index (χ4n) is 2.11. The topological polar surface area (TPSA) is 29.5 Å². The van der Waals surface area contributed by atoms with Crippen LogP contribution in [0.15, 0.2) is 12.7 Å². The Bertz CT molecular complexity index is 240. The molecule has 1 aliphatic heterocycles. The summed E-state index contributed by atoms with van der Waals surface area (Å²) < 4.78 is 5.54. The molecule has 17 heavy (non-hydrogen) atoms. The number of rotatable bonds is 8. The molecule has 1 saturated heterocycles. The minimum absolute atomic E-state index is 0.178. The van der Waals surface area contributed by atoms with E-state index in [4.69, 9.17) is 4.74 Å². The number of hydrogen-bond acceptors (Lipinski definition) is 3. The molecular weight excluding hydrogens is 214 g/mol. The van der Waals surface area contributed by atoms with Crippen molar-refractivity contribution in [3.05, 3.63) is 12.7 Å². The summed E-state index contributed by atoms with van der Waals surface area (Å²) in [6.07, 6.45) is 6.72. The molecule has 0 radical (unpaired) electrons. The van der Waals surface area contributed by atoms with Crippen molar-refractivity contribution in [1.82, 2.24) is 4.90 Å². The smallest absolute Gasteiger partial charge is 0.162 e. The average Bonchev–Trinajstić information content (AvgIpc) is 2.38. The van der Waals surface area contributed by atoms with E-state index in [0.29, 0.717) is 13.0 Å². The molecule has 0 bridgehead atoms. The van der Waals surface area contributed by atoms with Gasteiger partial charge in [-0.15, -0.1) is 6.58 Å². The molecule has 98 valence electrons. The SMILES string of the molecule is C=CCCCCCC(=O)C1CN(CC)CCO1. The Morgan fingerprint density at radius 3 is 3.00 bits per heavy atom. The Balaban J connectivity index is 2.15. The molecule has 0 saturated carbocycles. The molecule has 1 unspecified atom stereocenters. The van der Waals surface area contributed by atoms with Gasteiger partial charge in [0.05, 0.1) is 6.61 Å². The van der Waals surface area contributed by atoms with Gasteiger partial charge in [-0.25, -0.2) is 0 Å². The highest BCUT2D eigenvalue weighted by atomic mass is 16.5. The summed E-state index contributed by atoms with van der Waals surface area (Å²) >= 11 is 0. The van der Waals surface area contributed by atoms with Crippen LogP contribution in [0.25, 0.3) is 0 Å². The third-order valence-electron chi connectivity index (χ3n) is 3.29. The van der Waals surface area contributed by atoms with Crippen molar-refractivity contribution in [2.75, 3.05) is 26.2 Å². The number of morpholine rings is 1. The summed E-state index contributed by atoms with van der Waals surface area (Å²) in [5, 5.41) is 0. The Hall–Kier alpha value is -0.670. The fourth-order valence-corrected chi connectivity index (χ4v) is 2.11. The van der Waals surface area contributed by atoms with Gasteiger partial charge in [-0.2, -0.15) is 0 Å². The number of carbonyl (C=O) groups is 1. The molecule has 0 spiro atoms. The van der Waals surface area contributed by atoms with Crippen LogP contribution in [0.5, 0.6) is 0 Å². The van der Waals surface area contributed by atoms with Crippen LogP contribution in [0.3, 0.4) is 0 Å². The van der Waals surface area contributed by atoms with Crippen LogP contribution < -0.4 is 0 Å². The molecule has 3 heteroatoms. The van der Waals surface area contributed by atoms with Crippen LogP contribution in [-0.4, -0.2) is 43.0 Å². The summed E-state index contributed by atoms with van der Waals surface area (Å²) in [6.45, 7) is 9.26. The van der Waals surface area contributed by atoms with Crippen molar-refractivity contribution >= 4 is 5.78 Å². The number of likely N-dealkylation sites (N-methyl/N-ethyl adjacent to an activating group) is 1. The molecule has 1 rings (SSSR count). The second-order valence-electron chi connectivity index (χ2n) is 4.61. The molecule has 0 aromatic rings. The second-order valence-corrected chi connectivity index (χ2v) is 4.61. The van der Waals surface area contributed by atoms with Crippen LogP contribution in [0, 0.1) is 0 Å². The zero-order valence-corrected chi connectivity index (χ0v) is 11.0. The molecule has 1 heterocycles. The van der Waals surface area contributed by atoms with E-state index < -0.39 is 0 Å². The van der Waals surface area contributed by atoms with Crippen LogP contribution in [0.4, 0.5) is 0 Å². The molecule has 0 N–H and O–H groups in total. The van der Waals surface area contributed by atoms with Gasteiger partial charge in [0.2, 0.25) is 0 Å². The van der Waals surface area contributed by atoms with Crippen LogP contribution in [0.2, 0.25) is 0 Å². The van der Waals surface area contributed by atoms with Gasteiger partial charge in [-0.1, -0.05) is 19.4 Å². The highest BCUT2D eigenvalue weighted by molar-refractivity contribution is 5.83. The lowest BCUT2D eigenvalue weighted by Crippen LogP contribution is -2.45. The number of ketones is 1. The third kappa shape index (κ3) is 5.46. The summed E-state index contributed by atoms with van der Waals surface area (Å²) in [5.41, 5.74) is 0. The first-order valence-electron chi connectivity index (χ1n) is 6.75. The molecule has 1 atom stereocenters. The van der Waals surface area contributed by atoms with E-state index in [1.165, 1.54) is 0 Å². The molecule has 0 amide bonds. The van der Waals surface area contributed by atoms with Crippen LogP contribution >= 0.6 is 0 Å². The van der Waals surface area contributed by atoms with Gasteiger partial charge in [0.1, 0.15) is 6.10 Å². The highest BCUT2D eigenvalue weighted by Crippen LogP contribution is 2.11. The maximum atomic E-state index is 11.9. The lowest BCUT2D eigenvalue weighted by atomic mass is 10.1. The van der Waals surface area contributed by atoms with Gasteiger partial charge in [0.25, 0.3) is 0 Å². The Kier molecular flexibility index (Phi) is 7.13. The first kappa shape index (κ1) is 14.4. The third-order valence-corrected chi connectivity index (χ3v) is 3.29. The van der Waals surface area contributed by atoms with E-state index >= 15 is 0 Å². The molecular formula is C14H25NO2. The van der Waals surface area contributed by atoms with Gasteiger partial charge in [-0.05, 0) is 25.8 Å². The number of allylic oxidation sites excluding steroid dienone is 1. The summed E-state index contributed by atoms with van der Waals surface area (Å²) in [4.78, 5) is 14.2. The first-order valence-corrected chi connectivity index (χ1v) is 6.75. The quantitative estimate of drug-likeness (QED) is 0.481. The Morgan fingerprint density at radius 2 is 2.29 bits per heavy atom. The van der Waals surface area contributed by atoms with Gasteiger partial charge >= 0.3 is 0 Å². The van der Waals surface area contributed by atoms with Crippen LogP contribution in [0.1, 0.15) is 39.0 Å². The largest absolute Gasteiger partial charge is 0.368 e. The van der Waals surface area contributed by atoms with Crippen molar-refractivity contribution in [2.45, 2.75) is 45.1 Å². The monoisotopic (exact) mass is 239 g/mol. The van der Waals surface area contributed by atoms with Gasteiger partial charge < -0.3 is 4.74 Å². The van der Waals surface area contributed by atoms with E-state index in [9.17, 15) is 4.79 Å². The normalized spacial score (nSPS) is 21.4. The van der Waals surface area contributed by atoms with E-state index in [1.807, 2.05) is 6.08 Å². The highest BCUT2D eigenvalue weighted by Gasteiger charge is 2.24. The summed E-state index contributed by atoms with van der Waals surface area (Å²) in [7, 11) is 0. The van der Waals surface area contributed by atoms with Gasteiger partial charge in [0.15, 0.2) is 5.78 Å². The molecule has 1 aliphatic rings. The molecule has 1 fully saturated rings. The van der Waals surface area contributed by atoms with Crippen molar-refractivity contribution in [2.24, 2.45) is 0 Å². The predicted octanol–water partition coefficient (Wildman–Crippen LogP) is 2.41. The number of Topliss-reactive ketones (excluding diaryl/α,β-unsaturated/α-hetero) is 1. The standard InChI is InChI=1S/C14H25NO2/c1-3-5-6-7-8-9-13(16)14-12-15(4-2)10-11-17-14/h3,14H,1,4-12H2,2H3. The maximum Gasteiger partial charge on any atom is 0.162 e. The van der Waals surface area contributed by atoms with Gasteiger partial charge in [0, 0.05) is 19.5 Å². The number of carbonyl (C=O) groups excluding carboxylic acids is 1. The Labute approximate surface area is 105 Å². The lowest BCUT2D eigenvalue weighted by Gasteiger charge is -2.31. The average molecular weight is 239 g/mol. The van der Waals surface area contributed by atoms with Crippen molar-refractivity contribution in [3.8, 4) is 0 Å². The zero-order chi connectivity index (χ0) is 12.5. The summed E-state index contributed by atoms with van der Waals surface area (Å²) in [5.74, 6) is 0.279. The van der Waals surface area contributed by atoms with E-state index in [0.717, 1.165) is 45.3 Å². The van der Waals surface area contributed by atoms with E-state index in [1.54, 1.807) is 0 Å². The molecule has 3 nitrogen and oxygen atoms in total. The fraction of sp³-hybridized carbons (Fsp3) is 0.786. The minimum atomic E-state index is -0.178. The predicted molar refractivity (Wildman–Crippen MR) is 70.1 cm³/mol. The second kappa shape index (κ2) is 8.43. The number of hydrogen-bond donors (Lipinski definition) is 0. The van der Waals surface area contributed by atoms with E-state index in [-0.39, 0.29) is 11.9 Å². The maximum absolute atomic E-state index is 11.9. The van der Waals surface area contributed by atoms with E-state index in [2.05, 4.69) is 18.4 Å². The van der Waals surface area contributed by atoms with Crippen molar-refractivity contribution in [3.63, 3.8) is 0 Å². The molecule has 0 aromatic heterocycles. The first-order chi connectivity index (χ1) is 8.27. The molecule has 0 aromatic carbocycles. The van der Waals surface area contributed by atoms with Gasteiger partial charge in [-0.3, -0.25) is 9.69 Å². The van der Waals surface area contributed by atoms with Crippen molar-refractivity contribution in [1.29, 1.82) is 0 Å². The van der Waals surface area contributed by atoms with Crippen LogP contribution in [-0.2, 0) is 9.53 Å². The Morgan fingerprint density at radius 1 is 1.47 bits per heavy atom. The zero-order valence-electron chi connectivity index (χ0n) is 11.0. The number of unbranched alkanes of at least 4 members (excludes halogenated alkanes) is 3. The lowest BCUT2D eigenvalue weighted by molar-refractivity contribution is -0.136. The number of nitrogens with zero attached hydrogens (tertiary/aromatic N) is 1. The summed E-state index contributed by atoms with van der Waals surface area (Å²) in [6, 6.07) is 0. The number of ether oxygens (including phenoxy) is 1.